The molecule has 0 aliphatic carbocycles. The number of carboxylic acids is 1. The van der Waals surface area contributed by atoms with E-state index >= 15 is 0 Å². The molecule has 0 radical (unpaired) electrons. The fourth-order valence-corrected chi connectivity index (χ4v) is 1.70. The lowest BCUT2D eigenvalue weighted by atomic mass is 10.3. The van der Waals surface area contributed by atoms with E-state index in [1.807, 2.05) is 0 Å². The molecule has 0 fully saturated rings. The standard InChI is InChI=1S/C13H10N4O3/c18-13(19)9-3-5-17-12(6-9)15-11(16-17)8-20-10-2-1-4-14-7-10/h1-7H,8H2,(H,18,19). The Balaban J connectivity index is 1.80. The lowest BCUT2D eigenvalue weighted by Gasteiger charge is -2.00. The van der Waals surface area contributed by atoms with Crippen molar-refractivity contribution in [3.63, 3.8) is 0 Å². The van der Waals surface area contributed by atoms with Gasteiger partial charge in [0.05, 0.1) is 11.8 Å². The molecule has 0 spiro atoms. The molecule has 0 saturated heterocycles. The molecule has 20 heavy (non-hydrogen) atoms. The van der Waals surface area contributed by atoms with Crippen LogP contribution in [0.25, 0.3) is 5.65 Å². The quantitative estimate of drug-likeness (QED) is 0.770. The highest BCUT2D eigenvalue weighted by Crippen LogP contribution is 2.10. The zero-order valence-corrected chi connectivity index (χ0v) is 10.3. The van der Waals surface area contributed by atoms with Crippen molar-refractivity contribution in [2.75, 3.05) is 0 Å². The molecule has 1 N–H and O–H groups in total. The minimum atomic E-state index is -0.997. The van der Waals surface area contributed by atoms with Gasteiger partial charge in [0, 0.05) is 12.4 Å². The Labute approximate surface area is 113 Å². The molecule has 0 amide bonds. The number of aromatic nitrogens is 4. The van der Waals surface area contributed by atoms with Gasteiger partial charge in [0.25, 0.3) is 0 Å². The number of hydrogen-bond donors (Lipinski definition) is 1. The Hall–Kier alpha value is -2.96. The molecule has 0 unspecified atom stereocenters. The largest absolute Gasteiger partial charge is 0.484 e. The number of nitrogens with zero attached hydrogens (tertiary/aromatic N) is 4. The van der Waals surface area contributed by atoms with Crippen LogP contribution in [-0.2, 0) is 6.61 Å². The fourth-order valence-electron chi connectivity index (χ4n) is 1.70. The average Bonchev–Trinajstić information content (AvgIpc) is 2.88. The van der Waals surface area contributed by atoms with Crippen molar-refractivity contribution in [1.82, 2.24) is 19.6 Å². The molecule has 3 aromatic heterocycles. The second-order valence-corrected chi connectivity index (χ2v) is 4.03. The molecule has 0 atom stereocenters. The lowest BCUT2D eigenvalue weighted by molar-refractivity contribution is 0.0697. The third kappa shape index (κ3) is 2.41. The maximum atomic E-state index is 10.9. The summed E-state index contributed by atoms with van der Waals surface area (Å²) in [6, 6.07) is 6.48. The number of carbonyl (C=O) groups is 1. The highest BCUT2D eigenvalue weighted by molar-refractivity contribution is 5.88. The Morgan fingerprint density at radius 3 is 3.05 bits per heavy atom. The fraction of sp³-hybridized carbons (Fsp3) is 0.0769. The first kappa shape index (κ1) is 12.1. The first-order valence-corrected chi connectivity index (χ1v) is 5.84. The zero-order chi connectivity index (χ0) is 13.9. The number of carboxylic acid groups (broad SMARTS) is 1. The molecular weight excluding hydrogens is 260 g/mol. The summed E-state index contributed by atoms with van der Waals surface area (Å²) in [4.78, 5) is 19.0. The zero-order valence-electron chi connectivity index (χ0n) is 10.3. The van der Waals surface area contributed by atoms with Crippen LogP contribution in [0.15, 0.2) is 42.9 Å². The Morgan fingerprint density at radius 1 is 1.40 bits per heavy atom. The minimum Gasteiger partial charge on any atom is -0.484 e. The Kier molecular flexibility index (Phi) is 3.00. The van der Waals surface area contributed by atoms with Gasteiger partial charge in [-0.3, -0.25) is 4.98 Å². The van der Waals surface area contributed by atoms with E-state index in [2.05, 4.69) is 15.1 Å². The van der Waals surface area contributed by atoms with E-state index in [0.29, 0.717) is 17.2 Å². The van der Waals surface area contributed by atoms with Crippen LogP contribution >= 0.6 is 0 Å². The van der Waals surface area contributed by atoms with Gasteiger partial charge in [-0.2, -0.15) is 0 Å². The number of hydrogen-bond acceptors (Lipinski definition) is 5. The summed E-state index contributed by atoms with van der Waals surface area (Å²) in [6.45, 7) is 0.190. The maximum absolute atomic E-state index is 10.9. The maximum Gasteiger partial charge on any atom is 0.335 e. The van der Waals surface area contributed by atoms with Crippen molar-refractivity contribution in [1.29, 1.82) is 0 Å². The van der Waals surface area contributed by atoms with Gasteiger partial charge in [-0.05, 0) is 24.3 Å². The van der Waals surface area contributed by atoms with Crippen LogP contribution in [0.5, 0.6) is 5.75 Å². The smallest absolute Gasteiger partial charge is 0.335 e. The number of ether oxygens (including phenoxy) is 1. The summed E-state index contributed by atoms with van der Waals surface area (Å²) in [7, 11) is 0. The van der Waals surface area contributed by atoms with Crippen LogP contribution in [-0.4, -0.2) is 30.7 Å². The molecule has 0 bridgehead atoms. The second kappa shape index (κ2) is 4.96. The summed E-state index contributed by atoms with van der Waals surface area (Å²) in [5.41, 5.74) is 0.638. The molecule has 3 aromatic rings. The molecule has 0 aliphatic heterocycles. The van der Waals surface area contributed by atoms with Crippen molar-refractivity contribution < 1.29 is 14.6 Å². The first-order valence-electron chi connectivity index (χ1n) is 5.84. The van der Waals surface area contributed by atoms with Crippen molar-refractivity contribution in [2.45, 2.75) is 6.61 Å². The van der Waals surface area contributed by atoms with E-state index in [9.17, 15) is 4.79 Å². The van der Waals surface area contributed by atoms with E-state index in [0.717, 1.165) is 0 Å². The summed E-state index contributed by atoms with van der Waals surface area (Å²) in [5, 5.41) is 13.1. The monoisotopic (exact) mass is 270 g/mol. The predicted molar refractivity (Wildman–Crippen MR) is 68.5 cm³/mol. The highest BCUT2D eigenvalue weighted by Gasteiger charge is 2.08. The van der Waals surface area contributed by atoms with Crippen LogP contribution in [0.1, 0.15) is 16.2 Å². The molecule has 3 rings (SSSR count). The topological polar surface area (TPSA) is 89.6 Å². The SMILES string of the molecule is O=C(O)c1ccn2nc(COc3cccnc3)nc2c1. The van der Waals surface area contributed by atoms with Gasteiger partial charge in [-0.15, -0.1) is 5.10 Å². The van der Waals surface area contributed by atoms with E-state index in [1.54, 1.807) is 30.7 Å². The van der Waals surface area contributed by atoms with Gasteiger partial charge in [0.2, 0.25) is 0 Å². The molecule has 7 nitrogen and oxygen atoms in total. The molecule has 0 saturated carbocycles. The highest BCUT2D eigenvalue weighted by atomic mass is 16.5. The van der Waals surface area contributed by atoms with Crippen LogP contribution in [0.2, 0.25) is 0 Å². The summed E-state index contributed by atoms with van der Waals surface area (Å²) < 4.78 is 6.99. The van der Waals surface area contributed by atoms with E-state index < -0.39 is 5.97 Å². The van der Waals surface area contributed by atoms with Crippen LogP contribution in [0.3, 0.4) is 0 Å². The van der Waals surface area contributed by atoms with Crippen molar-refractivity contribution in [2.24, 2.45) is 0 Å². The lowest BCUT2D eigenvalue weighted by Crippen LogP contribution is -1.98. The second-order valence-electron chi connectivity index (χ2n) is 4.03. The third-order valence-corrected chi connectivity index (χ3v) is 2.63. The van der Waals surface area contributed by atoms with Crippen molar-refractivity contribution in [3.8, 4) is 5.75 Å². The van der Waals surface area contributed by atoms with Gasteiger partial charge in [-0.1, -0.05) is 0 Å². The molecule has 100 valence electrons. The van der Waals surface area contributed by atoms with Crippen molar-refractivity contribution in [3.05, 3.63) is 54.2 Å². The minimum absolute atomic E-state index is 0.171. The molecular formula is C13H10N4O3. The number of pyridine rings is 2. The summed E-state index contributed by atoms with van der Waals surface area (Å²) in [5.74, 6) is 0.0950. The van der Waals surface area contributed by atoms with Gasteiger partial charge >= 0.3 is 5.97 Å². The van der Waals surface area contributed by atoms with Gasteiger partial charge in [0.1, 0.15) is 12.4 Å². The van der Waals surface area contributed by atoms with E-state index in [-0.39, 0.29) is 12.2 Å². The summed E-state index contributed by atoms with van der Waals surface area (Å²) in [6.07, 6.45) is 4.81. The van der Waals surface area contributed by atoms with E-state index in [4.69, 9.17) is 9.84 Å². The van der Waals surface area contributed by atoms with E-state index in [1.165, 1.54) is 16.6 Å². The van der Waals surface area contributed by atoms with Crippen LogP contribution < -0.4 is 4.74 Å². The van der Waals surface area contributed by atoms with Gasteiger partial charge in [0.15, 0.2) is 11.5 Å². The van der Waals surface area contributed by atoms with Crippen LogP contribution in [0, 0.1) is 0 Å². The third-order valence-electron chi connectivity index (χ3n) is 2.63. The van der Waals surface area contributed by atoms with Crippen LogP contribution in [0.4, 0.5) is 0 Å². The number of fused-ring (bicyclic) bond motifs is 1. The summed E-state index contributed by atoms with van der Waals surface area (Å²) >= 11 is 0. The van der Waals surface area contributed by atoms with Gasteiger partial charge in [-0.25, -0.2) is 14.3 Å². The van der Waals surface area contributed by atoms with Gasteiger partial charge < -0.3 is 9.84 Å². The first-order chi connectivity index (χ1) is 9.72. The number of aromatic carboxylic acids is 1. The van der Waals surface area contributed by atoms with Crippen molar-refractivity contribution >= 4 is 11.6 Å². The average molecular weight is 270 g/mol. The predicted octanol–water partition coefficient (Wildman–Crippen LogP) is 1.40. The Morgan fingerprint density at radius 2 is 2.30 bits per heavy atom. The normalized spacial score (nSPS) is 10.6. The number of rotatable bonds is 4. The molecule has 3 heterocycles. The molecule has 0 aliphatic rings. The molecule has 7 heteroatoms. The molecule has 0 aromatic carbocycles. The Bertz CT molecular complexity index is 755.